The molecule has 0 N–H and O–H groups in total. The van der Waals surface area contributed by atoms with E-state index in [1.165, 1.54) is 0 Å². The van der Waals surface area contributed by atoms with Crippen LogP contribution in [0.15, 0.2) is 42.8 Å². The maximum absolute atomic E-state index is 12.4. The molecular weight excluding hydrogens is 360 g/mol. The first kappa shape index (κ1) is 10.6. The molecule has 86 valence electrons. The summed E-state index contributed by atoms with van der Waals surface area (Å²) in [7, 11) is 0. The molecule has 0 amide bonds. The van der Waals surface area contributed by atoms with Crippen LogP contribution in [0.3, 0.4) is 0 Å². The van der Waals surface area contributed by atoms with Crippen molar-refractivity contribution in [2.24, 2.45) is 0 Å². The maximum Gasteiger partial charge on any atom is 0.196 e. The minimum Gasteiger partial charge on any atom is -0.289 e. The Balaban J connectivity index is 2.57. The average molecular weight is 364 g/mol. The Kier molecular flexibility index (Phi) is 1.89. The number of rotatable bonds is 0. The van der Waals surface area contributed by atoms with E-state index in [0.29, 0.717) is 21.5 Å². The number of benzene rings is 2. The van der Waals surface area contributed by atoms with Crippen molar-refractivity contribution < 1.29 is 0 Å². The Bertz CT molecular complexity index is 902. The second-order valence-electron chi connectivity index (χ2n) is 4.35. The van der Waals surface area contributed by atoms with Crippen molar-refractivity contribution in [1.29, 1.82) is 0 Å². The van der Waals surface area contributed by atoms with Crippen LogP contribution >= 0.6 is 31.9 Å². The van der Waals surface area contributed by atoms with Crippen molar-refractivity contribution in [2.75, 3.05) is 0 Å². The molecule has 2 aromatic rings. The van der Waals surface area contributed by atoms with Gasteiger partial charge in [-0.25, -0.2) is 0 Å². The maximum atomic E-state index is 12.4. The Hall–Kier alpha value is -1.26. The normalized spacial score (nSPS) is 12.3. The zero-order valence-electron chi connectivity index (χ0n) is 8.88. The molecule has 0 radical (unpaired) electrons. The highest BCUT2D eigenvalue weighted by Gasteiger charge is 2.28. The van der Waals surface area contributed by atoms with E-state index in [-0.39, 0.29) is 10.9 Å². The molecule has 0 aliphatic heterocycles. The monoisotopic (exact) mass is 362 g/mol. The van der Waals surface area contributed by atoms with E-state index >= 15 is 0 Å². The fraction of sp³-hybridized carbons (Fsp3) is 0. The summed E-state index contributed by atoms with van der Waals surface area (Å²) in [5.41, 5.74) is 1.58. The van der Waals surface area contributed by atoms with Gasteiger partial charge >= 0.3 is 0 Å². The van der Waals surface area contributed by atoms with Crippen LogP contribution < -0.4 is 10.9 Å². The first-order valence-corrected chi connectivity index (χ1v) is 6.94. The summed E-state index contributed by atoms with van der Waals surface area (Å²) in [5.74, 6) is 0. The molecule has 0 fully saturated rings. The third-order valence-electron chi connectivity index (χ3n) is 3.50. The Morgan fingerprint density at radius 3 is 1.56 bits per heavy atom. The van der Waals surface area contributed by atoms with Gasteiger partial charge in [-0.15, -0.1) is 0 Å². The standard InChI is InChI=1S/C14H4Br2O2/c15-7-3-1-5-9-10-6(13(5)17)2-4-8(16)12(10)14(18)11(7)9/h1-4H. The largest absolute Gasteiger partial charge is 0.289 e. The van der Waals surface area contributed by atoms with E-state index in [1.54, 1.807) is 24.3 Å². The van der Waals surface area contributed by atoms with E-state index < -0.39 is 0 Å². The molecule has 0 spiro atoms. The van der Waals surface area contributed by atoms with E-state index in [4.69, 9.17) is 0 Å². The molecular formula is C14H4Br2O2. The molecule has 2 nitrogen and oxygen atoms in total. The van der Waals surface area contributed by atoms with Crippen LogP contribution in [0.1, 0.15) is 0 Å². The van der Waals surface area contributed by atoms with Gasteiger partial charge in [0, 0.05) is 41.6 Å². The summed E-state index contributed by atoms with van der Waals surface area (Å²) in [6.07, 6.45) is 0. The van der Waals surface area contributed by atoms with Crippen molar-refractivity contribution in [1.82, 2.24) is 0 Å². The molecule has 2 aliphatic carbocycles. The van der Waals surface area contributed by atoms with Crippen LogP contribution in [0.2, 0.25) is 0 Å². The smallest absolute Gasteiger partial charge is 0.196 e. The third-order valence-corrected chi connectivity index (χ3v) is 4.82. The summed E-state index contributed by atoms with van der Waals surface area (Å²) in [6.45, 7) is 0. The van der Waals surface area contributed by atoms with Crippen LogP contribution in [-0.2, 0) is 0 Å². The van der Waals surface area contributed by atoms with Gasteiger partial charge in [-0.1, -0.05) is 31.9 Å². The molecule has 0 saturated carbocycles. The molecule has 0 unspecified atom stereocenters. The quantitative estimate of drug-likeness (QED) is 0.477. The van der Waals surface area contributed by atoms with Gasteiger partial charge in [0.05, 0.1) is 0 Å². The summed E-state index contributed by atoms with van der Waals surface area (Å²) in [6, 6.07) is 7.10. The van der Waals surface area contributed by atoms with Gasteiger partial charge in [-0.3, -0.25) is 9.59 Å². The Morgan fingerprint density at radius 1 is 0.667 bits per heavy atom. The highest BCUT2D eigenvalue weighted by atomic mass is 79.9. The van der Waals surface area contributed by atoms with Crippen LogP contribution in [0.5, 0.6) is 0 Å². The van der Waals surface area contributed by atoms with Gasteiger partial charge in [0.15, 0.2) is 10.9 Å². The van der Waals surface area contributed by atoms with Gasteiger partial charge in [0.2, 0.25) is 0 Å². The highest BCUT2D eigenvalue weighted by molar-refractivity contribution is 9.11. The summed E-state index contributed by atoms with van der Waals surface area (Å²) in [4.78, 5) is 24.7. The number of hydrogen-bond donors (Lipinski definition) is 0. The fourth-order valence-electron chi connectivity index (χ4n) is 2.77. The van der Waals surface area contributed by atoms with Crippen molar-refractivity contribution >= 4 is 53.4 Å². The van der Waals surface area contributed by atoms with Gasteiger partial charge in [-0.2, -0.15) is 0 Å². The lowest BCUT2D eigenvalue weighted by molar-refractivity contribution is 1.70. The van der Waals surface area contributed by atoms with Crippen LogP contribution in [0.25, 0.3) is 32.7 Å². The van der Waals surface area contributed by atoms with Gasteiger partial charge in [0.25, 0.3) is 0 Å². The molecule has 0 atom stereocenters. The lowest BCUT2D eigenvalue weighted by Crippen LogP contribution is -2.00. The lowest BCUT2D eigenvalue weighted by Gasteiger charge is -1.98. The number of hydrogen-bond acceptors (Lipinski definition) is 2. The Morgan fingerprint density at radius 2 is 1.11 bits per heavy atom. The van der Waals surface area contributed by atoms with Gasteiger partial charge in [0.1, 0.15) is 0 Å². The first-order chi connectivity index (χ1) is 8.61. The Labute approximate surface area is 118 Å². The van der Waals surface area contributed by atoms with Crippen molar-refractivity contribution in [3.63, 3.8) is 0 Å². The van der Waals surface area contributed by atoms with Gasteiger partial charge < -0.3 is 0 Å². The average Bonchev–Trinajstić information content (AvgIpc) is 2.79. The predicted octanol–water partition coefficient (Wildman–Crippen LogP) is 3.66. The molecule has 2 aliphatic rings. The second kappa shape index (κ2) is 3.19. The molecule has 18 heavy (non-hydrogen) atoms. The van der Waals surface area contributed by atoms with Crippen LogP contribution in [-0.4, -0.2) is 0 Å². The molecule has 0 saturated heterocycles. The summed E-state index contributed by atoms with van der Waals surface area (Å²) >= 11 is 6.80. The number of halogens is 2. The minimum absolute atomic E-state index is 0.00926. The van der Waals surface area contributed by atoms with Crippen molar-refractivity contribution in [3.8, 4) is 11.1 Å². The second-order valence-corrected chi connectivity index (χ2v) is 6.06. The zero-order valence-corrected chi connectivity index (χ0v) is 12.1. The topological polar surface area (TPSA) is 34.1 Å². The summed E-state index contributed by atoms with van der Waals surface area (Å²) in [5, 5.41) is 2.49. The molecule has 4 rings (SSSR count). The van der Waals surface area contributed by atoms with Crippen LogP contribution in [0.4, 0.5) is 0 Å². The van der Waals surface area contributed by atoms with Gasteiger partial charge in [-0.05, 0) is 24.3 Å². The van der Waals surface area contributed by atoms with Crippen molar-refractivity contribution in [2.45, 2.75) is 0 Å². The molecule has 0 bridgehead atoms. The highest BCUT2D eigenvalue weighted by Crippen LogP contribution is 2.43. The fourth-order valence-corrected chi connectivity index (χ4v) is 3.79. The van der Waals surface area contributed by atoms with Crippen LogP contribution in [0, 0.1) is 0 Å². The molecule has 4 heteroatoms. The van der Waals surface area contributed by atoms with E-state index in [9.17, 15) is 9.59 Å². The molecule has 2 aromatic carbocycles. The molecule has 0 heterocycles. The van der Waals surface area contributed by atoms with E-state index in [1.807, 2.05) is 0 Å². The SMILES string of the molecule is O=c1c2ccc(Br)c3c2-c2c1ccc(Br)c2c3=O. The lowest BCUT2D eigenvalue weighted by atomic mass is 10.1. The van der Waals surface area contributed by atoms with Crippen molar-refractivity contribution in [3.05, 3.63) is 53.7 Å². The summed E-state index contributed by atoms with van der Waals surface area (Å²) < 4.78 is 1.49. The van der Waals surface area contributed by atoms with E-state index in [2.05, 4.69) is 31.9 Å². The molecule has 0 aromatic heterocycles. The first-order valence-electron chi connectivity index (χ1n) is 5.36. The predicted molar refractivity (Wildman–Crippen MR) is 79.6 cm³/mol. The van der Waals surface area contributed by atoms with E-state index in [0.717, 1.165) is 20.1 Å². The third kappa shape index (κ3) is 1.00. The zero-order chi connectivity index (χ0) is 12.6. The minimum atomic E-state index is -0.0186.